The monoisotopic (exact) mass is 386 g/mol. The number of hydrogen-bond donors (Lipinski definition) is 1. The maximum atomic E-state index is 9.96. The minimum Gasteiger partial charge on any atom is -0.391 e. The third-order valence-electron chi connectivity index (χ3n) is 4.73. The second-order valence-corrected chi connectivity index (χ2v) is 8.39. The molecule has 1 atom stereocenters. The summed E-state index contributed by atoms with van der Waals surface area (Å²) in [6.45, 7) is 8.08. The van der Waals surface area contributed by atoms with Crippen molar-refractivity contribution in [3.8, 4) is 0 Å². The van der Waals surface area contributed by atoms with Crippen LogP contribution in [0.1, 0.15) is 38.7 Å². The smallest absolute Gasteiger partial charge is 0.166 e. The van der Waals surface area contributed by atoms with Gasteiger partial charge in [-0.2, -0.15) is 0 Å². The van der Waals surface area contributed by atoms with Crippen molar-refractivity contribution in [3.63, 3.8) is 0 Å². The van der Waals surface area contributed by atoms with Crippen LogP contribution in [0.2, 0.25) is 5.02 Å². The fourth-order valence-electron chi connectivity index (χ4n) is 3.23. The van der Waals surface area contributed by atoms with Gasteiger partial charge in [-0.05, 0) is 18.6 Å². The molecule has 1 aliphatic rings. The molecular formula is C19H23ClN6O. The van der Waals surface area contributed by atoms with Crippen molar-refractivity contribution in [3.05, 3.63) is 41.2 Å². The van der Waals surface area contributed by atoms with E-state index in [4.69, 9.17) is 21.6 Å². The highest BCUT2D eigenvalue weighted by atomic mass is 35.5. The van der Waals surface area contributed by atoms with Crippen molar-refractivity contribution in [1.29, 1.82) is 0 Å². The van der Waals surface area contributed by atoms with E-state index in [-0.39, 0.29) is 11.5 Å². The lowest BCUT2D eigenvalue weighted by atomic mass is 9.96. The van der Waals surface area contributed by atoms with Gasteiger partial charge in [-0.3, -0.25) is 4.98 Å². The van der Waals surface area contributed by atoms with Gasteiger partial charge in [0.2, 0.25) is 0 Å². The van der Waals surface area contributed by atoms with Crippen LogP contribution >= 0.6 is 11.6 Å². The van der Waals surface area contributed by atoms with E-state index < -0.39 is 0 Å². The first-order valence-corrected chi connectivity index (χ1v) is 9.46. The zero-order chi connectivity index (χ0) is 19.2. The first kappa shape index (κ1) is 18.1. The van der Waals surface area contributed by atoms with Crippen molar-refractivity contribution < 1.29 is 5.11 Å². The molecule has 0 aromatic carbocycles. The maximum absolute atomic E-state index is 9.96. The first-order valence-electron chi connectivity index (χ1n) is 9.08. The van der Waals surface area contributed by atoms with Gasteiger partial charge in [0.1, 0.15) is 5.82 Å². The molecule has 4 heterocycles. The topological polar surface area (TPSA) is 80.0 Å². The predicted octanol–water partition coefficient (Wildman–Crippen LogP) is 2.79. The van der Waals surface area contributed by atoms with Gasteiger partial charge in [0.25, 0.3) is 0 Å². The van der Waals surface area contributed by atoms with Gasteiger partial charge in [-0.25, -0.2) is 15.0 Å². The van der Waals surface area contributed by atoms with Crippen LogP contribution in [0.3, 0.4) is 0 Å². The van der Waals surface area contributed by atoms with E-state index in [0.717, 1.165) is 41.5 Å². The molecule has 7 nitrogen and oxygen atoms in total. The van der Waals surface area contributed by atoms with Crippen LogP contribution in [-0.2, 0) is 12.0 Å². The molecule has 0 amide bonds. The van der Waals surface area contributed by atoms with Crippen LogP contribution in [0.25, 0.3) is 11.2 Å². The Kier molecular flexibility index (Phi) is 4.52. The summed E-state index contributed by atoms with van der Waals surface area (Å²) in [6, 6.07) is 3.64. The Morgan fingerprint density at radius 2 is 2.07 bits per heavy atom. The zero-order valence-corrected chi connectivity index (χ0v) is 16.5. The lowest BCUT2D eigenvalue weighted by Gasteiger charge is -2.22. The van der Waals surface area contributed by atoms with Crippen LogP contribution in [0.4, 0.5) is 5.82 Å². The van der Waals surface area contributed by atoms with Crippen LogP contribution < -0.4 is 4.90 Å². The lowest BCUT2D eigenvalue weighted by Crippen LogP contribution is -2.25. The number of nitrogens with zero attached hydrogens (tertiary/aromatic N) is 6. The van der Waals surface area contributed by atoms with E-state index >= 15 is 0 Å². The Morgan fingerprint density at radius 3 is 2.74 bits per heavy atom. The largest absolute Gasteiger partial charge is 0.391 e. The van der Waals surface area contributed by atoms with Crippen molar-refractivity contribution >= 4 is 28.6 Å². The fourth-order valence-corrected chi connectivity index (χ4v) is 3.41. The molecule has 0 bridgehead atoms. The Bertz CT molecular complexity index is 980. The summed E-state index contributed by atoms with van der Waals surface area (Å²) >= 11 is 6.28. The number of aromatic nitrogens is 5. The molecule has 0 aliphatic carbocycles. The number of pyridine rings is 1. The van der Waals surface area contributed by atoms with Gasteiger partial charge in [-0.15, -0.1) is 0 Å². The van der Waals surface area contributed by atoms with Crippen LogP contribution in [-0.4, -0.2) is 48.8 Å². The van der Waals surface area contributed by atoms with Gasteiger partial charge >= 0.3 is 0 Å². The molecule has 4 rings (SSSR count). The third kappa shape index (κ3) is 3.49. The average Bonchev–Trinajstić information content (AvgIpc) is 3.22. The van der Waals surface area contributed by atoms with E-state index in [9.17, 15) is 5.11 Å². The second kappa shape index (κ2) is 6.73. The SMILES string of the molecule is CC(C)(C)c1nc(N2CC[C@H](O)C2)c2ncn(Cc3ncccc3Cl)c2n1. The van der Waals surface area contributed by atoms with E-state index in [1.165, 1.54) is 0 Å². The van der Waals surface area contributed by atoms with Gasteiger partial charge in [0, 0.05) is 24.7 Å². The number of rotatable bonds is 3. The highest BCUT2D eigenvalue weighted by Gasteiger charge is 2.28. The van der Waals surface area contributed by atoms with E-state index in [0.29, 0.717) is 18.1 Å². The number of anilines is 1. The average molecular weight is 387 g/mol. The van der Waals surface area contributed by atoms with Crippen molar-refractivity contribution in [1.82, 2.24) is 24.5 Å². The number of aliphatic hydroxyl groups excluding tert-OH is 1. The van der Waals surface area contributed by atoms with Gasteiger partial charge in [-0.1, -0.05) is 32.4 Å². The van der Waals surface area contributed by atoms with Crippen LogP contribution in [0, 0.1) is 0 Å². The summed E-state index contributed by atoms with van der Waals surface area (Å²) < 4.78 is 1.95. The van der Waals surface area contributed by atoms with E-state index in [1.54, 1.807) is 12.5 Å². The number of fused-ring (bicyclic) bond motifs is 1. The molecule has 0 unspecified atom stereocenters. The predicted molar refractivity (Wildman–Crippen MR) is 105 cm³/mol. The standard InChI is InChI=1S/C19H23ClN6O/c1-19(2,3)18-23-16(25-8-6-12(27)9-25)15-17(24-18)26(11-22-15)10-14-13(20)5-4-7-21-14/h4-5,7,11-12,27H,6,8-10H2,1-3H3/t12-/m0/s1. The molecule has 0 radical (unpaired) electrons. The molecule has 3 aromatic heterocycles. The van der Waals surface area contributed by atoms with Crippen molar-refractivity contribution in [2.45, 2.75) is 45.3 Å². The molecule has 142 valence electrons. The molecule has 1 N–H and O–H groups in total. The zero-order valence-electron chi connectivity index (χ0n) is 15.7. The maximum Gasteiger partial charge on any atom is 0.166 e. The van der Waals surface area contributed by atoms with Gasteiger partial charge < -0.3 is 14.6 Å². The van der Waals surface area contributed by atoms with Crippen LogP contribution in [0.15, 0.2) is 24.7 Å². The van der Waals surface area contributed by atoms with Crippen molar-refractivity contribution in [2.75, 3.05) is 18.0 Å². The number of aliphatic hydroxyl groups is 1. The minimum absolute atomic E-state index is 0.209. The summed E-state index contributed by atoms with van der Waals surface area (Å²) in [6.07, 6.45) is 3.89. The molecule has 1 aliphatic heterocycles. The van der Waals surface area contributed by atoms with Gasteiger partial charge in [0.15, 0.2) is 17.0 Å². The number of β-amino-alcohol motifs (C(OH)–C–C–N with tert-alkyl or cyclic N) is 1. The first-order chi connectivity index (χ1) is 12.8. The summed E-state index contributed by atoms with van der Waals surface area (Å²) in [5.41, 5.74) is 2.06. The Labute approximate surface area is 163 Å². The normalized spacial score (nSPS) is 17.8. The van der Waals surface area contributed by atoms with Gasteiger partial charge in [0.05, 0.1) is 29.7 Å². The number of imidazole rings is 1. The Balaban J connectivity index is 1.84. The summed E-state index contributed by atoms with van der Waals surface area (Å²) in [5.74, 6) is 1.53. The fraction of sp³-hybridized carbons (Fsp3) is 0.474. The molecule has 1 fully saturated rings. The Hall–Kier alpha value is -2.25. The van der Waals surface area contributed by atoms with Crippen molar-refractivity contribution in [2.24, 2.45) is 0 Å². The molecule has 8 heteroatoms. The van der Waals surface area contributed by atoms with E-state index in [2.05, 4.69) is 35.6 Å². The van der Waals surface area contributed by atoms with Crippen LogP contribution in [0.5, 0.6) is 0 Å². The molecule has 3 aromatic rings. The molecule has 1 saturated heterocycles. The summed E-state index contributed by atoms with van der Waals surface area (Å²) in [4.78, 5) is 20.7. The number of hydrogen-bond acceptors (Lipinski definition) is 6. The molecule has 0 saturated carbocycles. The molecule has 0 spiro atoms. The highest BCUT2D eigenvalue weighted by Crippen LogP contribution is 2.30. The summed E-state index contributed by atoms with van der Waals surface area (Å²) in [7, 11) is 0. The highest BCUT2D eigenvalue weighted by molar-refractivity contribution is 6.31. The summed E-state index contributed by atoms with van der Waals surface area (Å²) in [5, 5.41) is 10.6. The molecular weight excluding hydrogens is 364 g/mol. The van der Waals surface area contributed by atoms with E-state index in [1.807, 2.05) is 16.7 Å². The number of halogens is 1. The quantitative estimate of drug-likeness (QED) is 0.745. The second-order valence-electron chi connectivity index (χ2n) is 7.99. The molecule has 27 heavy (non-hydrogen) atoms. The minimum atomic E-state index is -0.331. The third-order valence-corrected chi connectivity index (χ3v) is 5.08. The lowest BCUT2D eigenvalue weighted by molar-refractivity contribution is 0.198. The Morgan fingerprint density at radius 1 is 1.26 bits per heavy atom.